The highest BCUT2D eigenvalue weighted by Gasteiger charge is 2.60. The second kappa shape index (κ2) is 5.30. The third-order valence-electron chi connectivity index (χ3n) is 6.77. The van der Waals surface area contributed by atoms with Crippen LogP contribution in [0.5, 0.6) is 0 Å². The van der Waals surface area contributed by atoms with Crippen LogP contribution in [-0.2, 0) is 17.6 Å². The van der Waals surface area contributed by atoms with Gasteiger partial charge < -0.3 is 5.11 Å². The molecule has 4 bridgehead atoms. The van der Waals surface area contributed by atoms with Gasteiger partial charge >= 0.3 is 0 Å². The number of hydrogen-bond donors (Lipinski definition) is 3. The van der Waals surface area contributed by atoms with Crippen molar-refractivity contribution in [3.8, 4) is 0 Å². The summed E-state index contributed by atoms with van der Waals surface area (Å²) in [5, 5.41) is 10.8. The molecule has 5 aliphatic carbocycles. The number of carbonyl (C=O) groups excluding carboxylic acids is 2. The third kappa shape index (κ3) is 2.53. The van der Waals surface area contributed by atoms with Gasteiger partial charge in [-0.2, -0.15) is 0 Å². The van der Waals surface area contributed by atoms with Crippen molar-refractivity contribution in [3.63, 3.8) is 0 Å². The lowest BCUT2D eigenvalue weighted by Gasteiger charge is -2.59. The lowest BCUT2D eigenvalue weighted by atomic mass is 9.47. The maximum Gasteiger partial charge on any atom is 0.279 e. The van der Waals surface area contributed by atoms with Gasteiger partial charge in [-0.05, 0) is 81.3 Å². The first-order valence-electron chi connectivity index (χ1n) is 9.40. The van der Waals surface area contributed by atoms with Gasteiger partial charge in [-0.3, -0.25) is 20.4 Å². The molecule has 25 heavy (non-hydrogen) atoms. The first-order valence-corrected chi connectivity index (χ1v) is 10.2. The molecule has 1 heterocycles. The van der Waals surface area contributed by atoms with E-state index in [4.69, 9.17) is 0 Å². The van der Waals surface area contributed by atoms with E-state index in [2.05, 4.69) is 10.9 Å². The highest BCUT2D eigenvalue weighted by Crippen LogP contribution is 2.61. The number of amides is 2. The minimum atomic E-state index is -0.667. The summed E-state index contributed by atoms with van der Waals surface area (Å²) in [5.74, 6) is 0.564. The number of aryl methyl sites for hydroxylation is 2. The van der Waals surface area contributed by atoms with Crippen molar-refractivity contribution in [2.75, 3.05) is 0 Å². The zero-order valence-corrected chi connectivity index (χ0v) is 15.1. The molecule has 0 saturated heterocycles. The molecule has 4 atom stereocenters. The van der Waals surface area contributed by atoms with E-state index < -0.39 is 11.0 Å². The van der Waals surface area contributed by atoms with E-state index in [0.29, 0.717) is 23.1 Å². The molecule has 1 aromatic heterocycles. The number of thiophene rings is 1. The topological polar surface area (TPSA) is 78.4 Å². The monoisotopic (exact) mass is 360 g/mol. The van der Waals surface area contributed by atoms with Crippen LogP contribution >= 0.6 is 11.3 Å². The molecule has 4 saturated carbocycles. The van der Waals surface area contributed by atoms with Crippen LogP contribution in [0.4, 0.5) is 0 Å². The van der Waals surface area contributed by atoms with Crippen LogP contribution in [0.25, 0.3) is 0 Å². The summed E-state index contributed by atoms with van der Waals surface area (Å²) in [6.07, 6.45) is 8.35. The molecule has 2 amide bonds. The Morgan fingerprint density at radius 1 is 1.12 bits per heavy atom. The average Bonchev–Trinajstić information content (AvgIpc) is 3.11. The molecule has 6 rings (SSSR count). The first-order chi connectivity index (χ1) is 11.9. The van der Waals surface area contributed by atoms with Gasteiger partial charge in [0.1, 0.15) is 0 Å². The second-order valence-electron chi connectivity index (χ2n) is 8.79. The highest BCUT2D eigenvalue weighted by atomic mass is 32.1. The van der Waals surface area contributed by atoms with E-state index in [9.17, 15) is 14.7 Å². The average molecular weight is 360 g/mol. The molecule has 0 spiro atoms. The Hall–Kier alpha value is -1.40. The Morgan fingerprint density at radius 3 is 2.56 bits per heavy atom. The second-order valence-corrected chi connectivity index (χ2v) is 9.92. The normalized spacial score (nSPS) is 37.8. The number of hydrazine groups is 1. The zero-order valence-electron chi connectivity index (χ0n) is 14.3. The lowest BCUT2D eigenvalue weighted by molar-refractivity contribution is -0.178. The van der Waals surface area contributed by atoms with Gasteiger partial charge in [0.2, 0.25) is 5.91 Å². The lowest BCUT2D eigenvalue weighted by Crippen LogP contribution is -2.61. The maximum absolute atomic E-state index is 12.9. The van der Waals surface area contributed by atoms with Gasteiger partial charge in [0.05, 0.1) is 15.9 Å². The van der Waals surface area contributed by atoms with Crippen molar-refractivity contribution in [1.29, 1.82) is 0 Å². The molecular formula is C19H24N2O3S. The van der Waals surface area contributed by atoms with Crippen molar-refractivity contribution in [2.24, 2.45) is 17.3 Å². The van der Waals surface area contributed by atoms with Crippen molar-refractivity contribution in [3.05, 3.63) is 21.4 Å². The summed E-state index contributed by atoms with van der Waals surface area (Å²) in [6.45, 7) is 0. The van der Waals surface area contributed by atoms with Gasteiger partial charge in [0.15, 0.2) is 0 Å². The van der Waals surface area contributed by atoms with E-state index in [1.807, 2.05) is 6.07 Å². The summed E-state index contributed by atoms with van der Waals surface area (Å²) in [6, 6.07) is 1.96. The molecule has 4 fully saturated rings. The summed E-state index contributed by atoms with van der Waals surface area (Å²) >= 11 is 1.54. The predicted molar refractivity (Wildman–Crippen MR) is 94.0 cm³/mol. The molecule has 5 aliphatic rings. The summed E-state index contributed by atoms with van der Waals surface area (Å²) in [4.78, 5) is 27.2. The fourth-order valence-electron chi connectivity index (χ4n) is 6.23. The summed E-state index contributed by atoms with van der Waals surface area (Å²) in [5.41, 5.74) is 5.41. The summed E-state index contributed by atoms with van der Waals surface area (Å²) < 4.78 is 0. The quantitative estimate of drug-likeness (QED) is 0.708. The van der Waals surface area contributed by atoms with Gasteiger partial charge in [-0.25, -0.2) is 0 Å². The number of rotatable bonds is 2. The van der Waals surface area contributed by atoms with Gasteiger partial charge in [0, 0.05) is 4.88 Å². The van der Waals surface area contributed by atoms with E-state index in [-0.39, 0.29) is 11.8 Å². The van der Waals surface area contributed by atoms with Gasteiger partial charge in [0.25, 0.3) is 5.91 Å². The summed E-state index contributed by atoms with van der Waals surface area (Å²) in [7, 11) is 0. The standard InChI is InChI=1S/C19H24N2O3S/c22-16(15-5-13-2-1-3-14(13)25-15)20-21-17(23)18-6-11-4-12(7-18)9-19(24,8-11)10-18/h5,11-12,24H,1-4,6-10H2,(H,20,22)(H,21,23)/t11-,12+,18?,19?. The number of carbonyl (C=O) groups is 2. The fourth-order valence-corrected chi connectivity index (χ4v) is 7.38. The van der Waals surface area contributed by atoms with Crippen molar-refractivity contribution >= 4 is 23.2 Å². The third-order valence-corrected chi connectivity index (χ3v) is 8.01. The fraction of sp³-hybridized carbons (Fsp3) is 0.684. The van der Waals surface area contributed by atoms with Crippen LogP contribution in [0.2, 0.25) is 0 Å². The molecule has 0 radical (unpaired) electrons. The van der Waals surface area contributed by atoms with E-state index in [1.54, 1.807) is 0 Å². The Labute approximate surface area is 151 Å². The van der Waals surface area contributed by atoms with Crippen LogP contribution in [-0.4, -0.2) is 22.5 Å². The van der Waals surface area contributed by atoms with Crippen LogP contribution in [0, 0.1) is 17.3 Å². The first kappa shape index (κ1) is 15.8. The Bertz CT molecular complexity index is 720. The number of hydrogen-bond acceptors (Lipinski definition) is 4. The molecule has 3 N–H and O–H groups in total. The molecular weight excluding hydrogens is 336 g/mol. The van der Waals surface area contributed by atoms with Crippen molar-refractivity contribution in [1.82, 2.24) is 10.9 Å². The van der Waals surface area contributed by atoms with Crippen molar-refractivity contribution < 1.29 is 14.7 Å². The molecule has 2 unspecified atom stereocenters. The van der Waals surface area contributed by atoms with Crippen LogP contribution < -0.4 is 10.9 Å². The van der Waals surface area contributed by atoms with Crippen LogP contribution in [0.3, 0.4) is 0 Å². The van der Waals surface area contributed by atoms with E-state index >= 15 is 0 Å². The largest absolute Gasteiger partial charge is 0.390 e. The predicted octanol–water partition coefficient (Wildman–Crippen LogP) is 2.33. The molecule has 5 nitrogen and oxygen atoms in total. The Kier molecular flexibility index (Phi) is 3.36. The minimum Gasteiger partial charge on any atom is -0.390 e. The molecule has 1 aromatic rings. The Morgan fingerprint density at radius 2 is 1.88 bits per heavy atom. The van der Waals surface area contributed by atoms with Gasteiger partial charge in [-0.15, -0.1) is 11.3 Å². The van der Waals surface area contributed by atoms with Crippen LogP contribution in [0.15, 0.2) is 6.07 Å². The molecule has 6 heteroatoms. The van der Waals surface area contributed by atoms with Gasteiger partial charge in [-0.1, -0.05) is 0 Å². The minimum absolute atomic E-state index is 0.113. The Balaban J connectivity index is 1.27. The van der Waals surface area contributed by atoms with E-state index in [0.717, 1.165) is 44.9 Å². The van der Waals surface area contributed by atoms with Crippen molar-refractivity contribution in [2.45, 2.75) is 63.4 Å². The highest BCUT2D eigenvalue weighted by molar-refractivity contribution is 7.14. The zero-order chi connectivity index (χ0) is 17.2. The SMILES string of the molecule is O=C(NNC(=O)C12C[C@@H]3C[C@@H](CC(O)(C3)C1)C2)c1cc2c(s1)CCC2. The number of aliphatic hydroxyl groups is 1. The molecule has 134 valence electrons. The maximum atomic E-state index is 12.9. The smallest absolute Gasteiger partial charge is 0.279 e. The molecule has 0 aromatic carbocycles. The van der Waals surface area contributed by atoms with Crippen LogP contribution in [0.1, 0.15) is 65.1 Å². The van der Waals surface area contributed by atoms with E-state index in [1.165, 1.54) is 28.2 Å². The number of fused-ring (bicyclic) bond motifs is 1. The molecule has 0 aliphatic heterocycles. The number of nitrogens with one attached hydrogen (secondary N) is 2.